The Balaban J connectivity index is 2.15. The number of amides is 1. The van der Waals surface area contributed by atoms with Crippen molar-refractivity contribution in [1.82, 2.24) is 5.32 Å². The average molecular weight is 336 g/mol. The van der Waals surface area contributed by atoms with E-state index in [0.717, 1.165) is 31.0 Å². The Morgan fingerprint density at radius 1 is 1.52 bits per heavy atom. The molecular weight excluding hydrogens is 321 g/mol. The number of halogens is 2. The van der Waals surface area contributed by atoms with Gasteiger partial charge in [0.2, 0.25) is 0 Å². The number of ether oxygens (including phenoxy) is 1. The van der Waals surface area contributed by atoms with Crippen LogP contribution in [0.1, 0.15) is 30.1 Å². The smallest absolute Gasteiger partial charge is 0.261 e. The summed E-state index contributed by atoms with van der Waals surface area (Å²) in [5.74, 6) is -1.51. The molecule has 0 radical (unpaired) electrons. The van der Waals surface area contributed by atoms with Crippen LogP contribution in [0.4, 0.5) is 4.39 Å². The average Bonchev–Trinajstić information content (AvgIpc) is 2.83. The lowest BCUT2D eigenvalue weighted by Gasteiger charge is -2.23. The molecule has 1 unspecified atom stereocenters. The highest BCUT2D eigenvalue weighted by Gasteiger charge is 2.30. The molecule has 1 saturated heterocycles. The predicted molar refractivity (Wildman–Crippen MR) is 75.4 cm³/mol. The minimum atomic E-state index is -4.02. The van der Waals surface area contributed by atoms with Crippen LogP contribution in [0.2, 0.25) is 0 Å². The number of hydrogen-bond donors (Lipinski definition) is 1. The molecule has 1 atom stereocenters. The molecule has 1 aromatic rings. The van der Waals surface area contributed by atoms with Crippen LogP contribution in [0, 0.1) is 5.82 Å². The monoisotopic (exact) mass is 335 g/mol. The number of carbonyl (C=O) groups excluding carboxylic acids is 1. The van der Waals surface area contributed by atoms with E-state index in [1.54, 1.807) is 0 Å². The molecule has 5 nitrogen and oxygen atoms in total. The van der Waals surface area contributed by atoms with Crippen molar-refractivity contribution in [2.24, 2.45) is 0 Å². The van der Waals surface area contributed by atoms with E-state index in [4.69, 9.17) is 15.4 Å². The molecule has 0 aliphatic carbocycles. The first-order valence-corrected chi connectivity index (χ1v) is 8.69. The standard InChI is InChI=1S/C13H15ClFNO4S/c1-13(5-2-6-20-13)8-16-12(17)10-7-9(21(14,18)19)3-4-11(10)15/h3-4,7H,2,5-6,8H2,1H3,(H,16,17). The summed E-state index contributed by atoms with van der Waals surface area (Å²) in [5.41, 5.74) is -0.833. The fourth-order valence-electron chi connectivity index (χ4n) is 2.17. The molecule has 1 fully saturated rings. The molecule has 1 aliphatic rings. The van der Waals surface area contributed by atoms with Gasteiger partial charge in [0.15, 0.2) is 0 Å². The summed E-state index contributed by atoms with van der Waals surface area (Å²) < 4.78 is 41.6. The summed E-state index contributed by atoms with van der Waals surface area (Å²) in [6, 6.07) is 2.83. The molecule has 0 bridgehead atoms. The maximum atomic E-state index is 13.7. The molecule has 2 rings (SSSR count). The van der Waals surface area contributed by atoms with E-state index < -0.39 is 26.4 Å². The van der Waals surface area contributed by atoms with Crippen LogP contribution in [-0.2, 0) is 13.8 Å². The van der Waals surface area contributed by atoms with Crippen LogP contribution < -0.4 is 5.32 Å². The maximum Gasteiger partial charge on any atom is 0.261 e. The van der Waals surface area contributed by atoms with E-state index in [1.807, 2.05) is 6.92 Å². The van der Waals surface area contributed by atoms with Crippen molar-refractivity contribution in [2.45, 2.75) is 30.3 Å². The van der Waals surface area contributed by atoms with Crippen LogP contribution in [0.3, 0.4) is 0 Å². The summed E-state index contributed by atoms with van der Waals surface area (Å²) >= 11 is 0. The van der Waals surface area contributed by atoms with Crippen LogP contribution >= 0.6 is 10.7 Å². The number of hydrogen-bond acceptors (Lipinski definition) is 4. The van der Waals surface area contributed by atoms with Crippen LogP contribution in [0.15, 0.2) is 23.1 Å². The molecule has 0 saturated carbocycles. The first kappa shape index (κ1) is 16.2. The number of carbonyl (C=O) groups is 1. The molecule has 8 heteroatoms. The summed E-state index contributed by atoms with van der Waals surface area (Å²) in [6.45, 7) is 2.71. The highest BCUT2D eigenvalue weighted by atomic mass is 35.7. The molecule has 116 valence electrons. The Bertz CT molecular complexity index is 656. The van der Waals surface area contributed by atoms with Gasteiger partial charge in [-0.25, -0.2) is 12.8 Å². The van der Waals surface area contributed by atoms with Crippen molar-refractivity contribution in [3.8, 4) is 0 Å². The summed E-state index contributed by atoms with van der Waals surface area (Å²) in [5, 5.41) is 2.56. The largest absolute Gasteiger partial charge is 0.373 e. The van der Waals surface area contributed by atoms with Crippen molar-refractivity contribution in [2.75, 3.05) is 13.2 Å². The predicted octanol–water partition coefficient (Wildman–Crippen LogP) is 2.05. The van der Waals surface area contributed by atoms with Gasteiger partial charge in [0.25, 0.3) is 15.0 Å². The summed E-state index contributed by atoms with van der Waals surface area (Å²) in [6.07, 6.45) is 1.70. The minimum absolute atomic E-state index is 0.225. The van der Waals surface area contributed by atoms with Crippen molar-refractivity contribution < 1.29 is 22.3 Å². The van der Waals surface area contributed by atoms with Gasteiger partial charge < -0.3 is 10.1 Å². The zero-order valence-electron chi connectivity index (χ0n) is 11.4. The Morgan fingerprint density at radius 3 is 2.81 bits per heavy atom. The van der Waals surface area contributed by atoms with Gasteiger partial charge in [-0.3, -0.25) is 4.79 Å². The lowest BCUT2D eigenvalue weighted by atomic mass is 10.0. The normalized spacial score (nSPS) is 22.2. The molecule has 1 aliphatic heterocycles. The lowest BCUT2D eigenvalue weighted by molar-refractivity contribution is 0.0205. The third kappa shape index (κ3) is 3.93. The van der Waals surface area contributed by atoms with E-state index in [0.29, 0.717) is 6.61 Å². The second kappa shape index (κ2) is 5.90. The van der Waals surface area contributed by atoms with Crippen molar-refractivity contribution in [3.05, 3.63) is 29.6 Å². The van der Waals surface area contributed by atoms with Gasteiger partial charge in [0.1, 0.15) is 5.82 Å². The van der Waals surface area contributed by atoms with Gasteiger partial charge in [-0.15, -0.1) is 0 Å². The number of benzene rings is 1. The quantitative estimate of drug-likeness (QED) is 0.855. The highest BCUT2D eigenvalue weighted by molar-refractivity contribution is 8.13. The first-order chi connectivity index (χ1) is 9.71. The van der Waals surface area contributed by atoms with Gasteiger partial charge in [-0.05, 0) is 38.0 Å². The first-order valence-electron chi connectivity index (χ1n) is 6.38. The van der Waals surface area contributed by atoms with Crippen LogP contribution in [-0.4, -0.2) is 33.1 Å². The van der Waals surface area contributed by atoms with Crippen molar-refractivity contribution in [1.29, 1.82) is 0 Å². The second-order valence-corrected chi connectivity index (χ2v) is 7.73. The zero-order valence-corrected chi connectivity index (χ0v) is 12.9. The summed E-state index contributed by atoms with van der Waals surface area (Å²) in [7, 11) is 1.17. The third-order valence-electron chi connectivity index (χ3n) is 3.39. The molecule has 1 aromatic carbocycles. The number of nitrogens with one attached hydrogen (secondary N) is 1. The molecule has 1 heterocycles. The van der Waals surface area contributed by atoms with E-state index in [9.17, 15) is 17.6 Å². The van der Waals surface area contributed by atoms with Gasteiger partial charge in [-0.1, -0.05) is 0 Å². The second-order valence-electron chi connectivity index (χ2n) is 5.16. The van der Waals surface area contributed by atoms with Crippen LogP contribution in [0.25, 0.3) is 0 Å². The van der Waals surface area contributed by atoms with E-state index >= 15 is 0 Å². The molecule has 0 aromatic heterocycles. The van der Waals surface area contributed by atoms with Crippen molar-refractivity contribution >= 4 is 25.6 Å². The highest BCUT2D eigenvalue weighted by Crippen LogP contribution is 2.24. The van der Waals surface area contributed by atoms with E-state index in [1.165, 1.54) is 0 Å². The Kier molecular flexibility index (Phi) is 4.55. The molecule has 1 amide bonds. The maximum absolute atomic E-state index is 13.7. The third-order valence-corrected chi connectivity index (χ3v) is 4.74. The lowest BCUT2D eigenvalue weighted by Crippen LogP contribution is -2.40. The fourth-order valence-corrected chi connectivity index (χ4v) is 2.95. The molecule has 1 N–H and O–H groups in total. The van der Waals surface area contributed by atoms with Crippen molar-refractivity contribution in [3.63, 3.8) is 0 Å². The SMILES string of the molecule is CC1(CNC(=O)c2cc(S(=O)(=O)Cl)ccc2F)CCCO1. The molecule has 21 heavy (non-hydrogen) atoms. The van der Waals surface area contributed by atoms with E-state index in [2.05, 4.69) is 5.32 Å². The van der Waals surface area contributed by atoms with Gasteiger partial charge in [-0.2, -0.15) is 0 Å². The van der Waals surface area contributed by atoms with Gasteiger partial charge >= 0.3 is 0 Å². The summed E-state index contributed by atoms with van der Waals surface area (Å²) in [4.78, 5) is 11.7. The minimum Gasteiger partial charge on any atom is -0.373 e. The Morgan fingerprint density at radius 2 is 2.24 bits per heavy atom. The Labute approximate surface area is 126 Å². The fraction of sp³-hybridized carbons (Fsp3) is 0.462. The number of rotatable bonds is 4. The van der Waals surface area contributed by atoms with Gasteiger partial charge in [0, 0.05) is 23.8 Å². The zero-order chi connectivity index (χ0) is 15.7. The van der Waals surface area contributed by atoms with E-state index in [-0.39, 0.29) is 17.0 Å². The topological polar surface area (TPSA) is 72.5 Å². The van der Waals surface area contributed by atoms with Gasteiger partial charge in [0.05, 0.1) is 16.1 Å². The molecule has 0 spiro atoms. The molecular formula is C13H15ClFNO4S. The Hall–Kier alpha value is -1.18. The van der Waals surface area contributed by atoms with Crippen LogP contribution in [0.5, 0.6) is 0 Å².